The summed E-state index contributed by atoms with van der Waals surface area (Å²) < 4.78 is 4.99. The lowest BCUT2D eigenvalue weighted by Gasteiger charge is -2.15. The maximum Gasteiger partial charge on any atom is 0.431 e. The highest BCUT2D eigenvalue weighted by molar-refractivity contribution is 5.65. The Balaban J connectivity index is 1.67. The maximum atomic E-state index is 11.4. The summed E-state index contributed by atoms with van der Waals surface area (Å²) in [5, 5.41) is 0. The van der Waals surface area contributed by atoms with Crippen molar-refractivity contribution in [2.45, 2.75) is 25.2 Å². The zero-order valence-electron chi connectivity index (χ0n) is 9.91. The van der Waals surface area contributed by atoms with Crippen molar-refractivity contribution in [3.05, 3.63) is 48.0 Å². The Kier molecular flexibility index (Phi) is 4.33. The van der Waals surface area contributed by atoms with E-state index in [0.29, 0.717) is 6.42 Å². The monoisotopic (exact) mass is 248 g/mol. The fraction of sp³-hybridized carbons (Fsp3) is 0.308. The number of ether oxygens (including phenoxy) is 1. The molecule has 0 spiro atoms. The Morgan fingerprint density at radius 1 is 1.39 bits per heavy atom. The number of hydrogen-bond acceptors (Lipinski definition) is 4. The normalized spacial score (nSPS) is 21.8. The number of rotatable bonds is 4. The summed E-state index contributed by atoms with van der Waals surface area (Å²) in [6, 6.07) is 9.25. The standard InChI is InChI=1S/C13H16N2O3/c14-11-7-4-8-12(11)18-15-13(16)17-9-10-5-2-1-3-6-10/h1-7,11-12H,8-9,14H2,(H,15,16)/t11-,12+/m1/s1. The molecule has 3 N–H and O–H groups in total. The fourth-order valence-corrected chi connectivity index (χ4v) is 1.65. The Bertz CT molecular complexity index is 420. The van der Waals surface area contributed by atoms with Gasteiger partial charge in [-0.2, -0.15) is 5.48 Å². The van der Waals surface area contributed by atoms with Crippen LogP contribution in [0, 0.1) is 0 Å². The number of hydroxylamine groups is 1. The largest absolute Gasteiger partial charge is 0.443 e. The molecule has 0 radical (unpaired) electrons. The molecule has 1 aliphatic carbocycles. The highest BCUT2D eigenvalue weighted by atomic mass is 16.7. The Hall–Kier alpha value is -1.85. The van der Waals surface area contributed by atoms with E-state index in [9.17, 15) is 4.79 Å². The molecule has 1 aromatic rings. The zero-order valence-corrected chi connectivity index (χ0v) is 9.91. The Labute approximate surface area is 106 Å². The van der Waals surface area contributed by atoms with Gasteiger partial charge in [-0.1, -0.05) is 42.5 Å². The second-order valence-electron chi connectivity index (χ2n) is 4.06. The third-order valence-electron chi connectivity index (χ3n) is 2.66. The van der Waals surface area contributed by atoms with Gasteiger partial charge in [0.25, 0.3) is 0 Å². The second kappa shape index (κ2) is 6.18. The molecule has 5 heteroatoms. The first-order valence-corrected chi connectivity index (χ1v) is 5.80. The summed E-state index contributed by atoms with van der Waals surface area (Å²) in [6.45, 7) is 0.213. The molecule has 0 bridgehead atoms. The van der Waals surface area contributed by atoms with Gasteiger partial charge in [0.05, 0.1) is 6.04 Å². The highest BCUT2D eigenvalue weighted by Gasteiger charge is 2.21. The number of carbonyl (C=O) groups is 1. The minimum atomic E-state index is -0.613. The topological polar surface area (TPSA) is 73.6 Å². The van der Waals surface area contributed by atoms with Crippen LogP contribution in [0.15, 0.2) is 42.5 Å². The molecular formula is C13H16N2O3. The lowest BCUT2D eigenvalue weighted by Crippen LogP contribution is -2.38. The minimum absolute atomic E-state index is 0.181. The number of carbonyl (C=O) groups excluding carboxylic acids is 1. The van der Waals surface area contributed by atoms with Crippen molar-refractivity contribution in [3.63, 3.8) is 0 Å². The van der Waals surface area contributed by atoms with Gasteiger partial charge in [0.1, 0.15) is 12.7 Å². The summed E-state index contributed by atoms with van der Waals surface area (Å²) in [6.07, 6.45) is 3.64. The minimum Gasteiger partial charge on any atom is -0.443 e. The first kappa shape index (κ1) is 12.6. The van der Waals surface area contributed by atoms with Crippen molar-refractivity contribution in [1.82, 2.24) is 5.48 Å². The molecule has 2 atom stereocenters. The Morgan fingerprint density at radius 3 is 2.83 bits per heavy atom. The number of amides is 1. The predicted octanol–water partition coefficient (Wildman–Crippen LogP) is 1.50. The number of nitrogens with one attached hydrogen (secondary N) is 1. The van der Waals surface area contributed by atoms with Crippen molar-refractivity contribution >= 4 is 6.09 Å². The molecule has 18 heavy (non-hydrogen) atoms. The average Bonchev–Trinajstić information content (AvgIpc) is 2.81. The number of benzene rings is 1. The van der Waals surface area contributed by atoms with E-state index in [-0.39, 0.29) is 18.8 Å². The van der Waals surface area contributed by atoms with Gasteiger partial charge in [-0.3, -0.25) is 4.84 Å². The highest BCUT2D eigenvalue weighted by Crippen LogP contribution is 2.11. The molecule has 0 saturated heterocycles. The van der Waals surface area contributed by atoms with Gasteiger partial charge < -0.3 is 10.5 Å². The van der Waals surface area contributed by atoms with Crippen molar-refractivity contribution < 1.29 is 14.4 Å². The lowest BCUT2D eigenvalue weighted by molar-refractivity contribution is -0.0248. The van der Waals surface area contributed by atoms with Crippen LogP contribution in [0.3, 0.4) is 0 Å². The molecule has 0 saturated carbocycles. The van der Waals surface area contributed by atoms with Crippen LogP contribution in [-0.2, 0) is 16.2 Å². The quantitative estimate of drug-likeness (QED) is 0.625. The van der Waals surface area contributed by atoms with Crippen LogP contribution >= 0.6 is 0 Å². The predicted molar refractivity (Wildman–Crippen MR) is 66.4 cm³/mol. The van der Waals surface area contributed by atoms with Gasteiger partial charge in [-0.15, -0.1) is 0 Å². The zero-order chi connectivity index (χ0) is 12.8. The van der Waals surface area contributed by atoms with E-state index in [4.69, 9.17) is 15.3 Å². The van der Waals surface area contributed by atoms with Crippen molar-refractivity contribution in [3.8, 4) is 0 Å². The smallest absolute Gasteiger partial charge is 0.431 e. The van der Waals surface area contributed by atoms with Gasteiger partial charge in [-0.25, -0.2) is 4.79 Å². The third-order valence-corrected chi connectivity index (χ3v) is 2.66. The van der Waals surface area contributed by atoms with E-state index in [0.717, 1.165) is 5.56 Å². The molecule has 0 heterocycles. The first-order chi connectivity index (χ1) is 8.75. The van der Waals surface area contributed by atoms with E-state index in [1.54, 1.807) is 0 Å². The summed E-state index contributed by atoms with van der Waals surface area (Å²) >= 11 is 0. The summed E-state index contributed by atoms with van der Waals surface area (Å²) in [7, 11) is 0. The summed E-state index contributed by atoms with van der Waals surface area (Å²) in [5.41, 5.74) is 8.89. The van der Waals surface area contributed by atoms with Crippen LogP contribution in [0.4, 0.5) is 4.79 Å². The van der Waals surface area contributed by atoms with Crippen LogP contribution in [-0.4, -0.2) is 18.2 Å². The first-order valence-electron chi connectivity index (χ1n) is 5.80. The molecule has 0 fully saturated rings. The van der Waals surface area contributed by atoms with Crippen LogP contribution in [0.2, 0.25) is 0 Å². The number of nitrogens with two attached hydrogens (primary N) is 1. The van der Waals surface area contributed by atoms with Crippen LogP contribution in [0.25, 0.3) is 0 Å². The number of hydrogen-bond donors (Lipinski definition) is 2. The Morgan fingerprint density at radius 2 is 2.17 bits per heavy atom. The van der Waals surface area contributed by atoms with E-state index in [1.165, 1.54) is 0 Å². The maximum absolute atomic E-state index is 11.4. The van der Waals surface area contributed by atoms with Gasteiger partial charge >= 0.3 is 6.09 Å². The molecule has 96 valence electrons. The van der Waals surface area contributed by atoms with Gasteiger partial charge in [0.15, 0.2) is 0 Å². The third kappa shape index (κ3) is 3.58. The SMILES string of the molecule is N[C@@H]1C=CC[C@@H]1ONC(=O)OCc1ccccc1. The average molecular weight is 248 g/mol. The molecule has 1 aliphatic rings. The van der Waals surface area contributed by atoms with Crippen molar-refractivity contribution in [2.24, 2.45) is 5.73 Å². The van der Waals surface area contributed by atoms with Gasteiger partial charge in [-0.05, 0) is 12.0 Å². The molecular weight excluding hydrogens is 232 g/mol. The molecule has 2 rings (SSSR count). The molecule has 0 unspecified atom stereocenters. The van der Waals surface area contributed by atoms with E-state index < -0.39 is 6.09 Å². The van der Waals surface area contributed by atoms with Crippen LogP contribution in [0.5, 0.6) is 0 Å². The van der Waals surface area contributed by atoms with Crippen LogP contribution < -0.4 is 11.2 Å². The molecule has 0 aliphatic heterocycles. The molecule has 1 amide bonds. The van der Waals surface area contributed by atoms with E-state index in [2.05, 4.69) is 5.48 Å². The lowest BCUT2D eigenvalue weighted by atomic mass is 10.2. The molecule has 0 aromatic heterocycles. The fourth-order valence-electron chi connectivity index (χ4n) is 1.65. The van der Waals surface area contributed by atoms with Gasteiger partial charge in [0, 0.05) is 0 Å². The summed E-state index contributed by atoms with van der Waals surface area (Å²) in [4.78, 5) is 16.5. The van der Waals surface area contributed by atoms with E-state index >= 15 is 0 Å². The molecule has 5 nitrogen and oxygen atoms in total. The second-order valence-corrected chi connectivity index (χ2v) is 4.06. The van der Waals surface area contributed by atoms with E-state index in [1.807, 2.05) is 42.5 Å². The molecule has 1 aromatic carbocycles. The van der Waals surface area contributed by atoms with Crippen molar-refractivity contribution in [1.29, 1.82) is 0 Å². The summed E-state index contributed by atoms with van der Waals surface area (Å²) in [5.74, 6) is 0. The van der Waals surface area contributed by atoms with Gasteiger partial charge in [0.2, 0.25) is 0 Å². The van der Waals surface area contributed by atoms with Crippen LogP contribution in [0.1, 0.15) is 12.0 Å². The van der Waals surface area contributed by atoms with Crippen molar-refractivity contribution in [2.75, 3.05) is 0 Å².